The Labute approximate surface area is 105 Å². The van der Waals surface area contributed by atoms with E-state index in [9.17, 15) is 4.79 Å². The van der Waals surface area contributed by atoms with Crippen molar-refractivity contribution in [3.05, 3.63) is 11.6 Å². The zero-order valence-electron chi connectivity index (χ0n) is 9.98. The van der Waals surface area contributed by atoms with Crippen molar-refractivity contribution in [2.45, 2.75) is 25.8 Å². The molecule has 1 saturated heterocycles. The van der Waals surface area contributed by atoms with Gasteiger partial charge in [0.15, 0.2) is 5.13 Å². The number of carbonyl (C=O) groups excluding carboxylic acids is 1. The predicted octanol–water partition coefficient (Wildman–Crippen LogP) is 1.43. The highest BCUT2D eigenvalue weighted by Gasteiger charge is 2.26. The van der Waals surface area contributed by atoms with Crippen molar-refractivity contribution in [1.82, 2.24) is 15.6 Å². The molecule has 0 aromatic carbocycles. The van der Waals surface area contributed by atoms with Gasteiger partial charge >= 0.3 is 6.03 Å². The number of aromatic nitrogens is 1. The van der Waals surface area contributed by atoms with E-state index in [1.807, 2.05) is 18.5 Å². The summed E-state index contributed by atoms with van der Waals surface area (Å²) < 4.78 is 0. The minimum atomic E-state index is -0.0847. The lowest BCUT2D eigenvalue weighted by Gasteiger charge is -2.24. The highest BCUT2D eigenvalue weighted by Crippen LogP contribution is 2.26. The molecule has 0 bridgehead atoms. The predicted molar refractivity (Wildman–Crippen MR) is 69.6 cm³/mol. The number of nitrogens with zero attached hydrogens (tertiary/aromatic N) is 2. The van der Waals surface area contributed by atoms with Gasteiger partial charge in [0, 0.05) is 37.3 Å². The lowest BCUT2D eigenvalue weighted by atomic mass is 10.2. The maximum atomic E-state index is 11.3. The van der Waals surface area contributed by atoms with Crippen LogP contribution in [0.25, 0.3) is 0 Å². The summed E-state index contributed by atoms with van der Waals surface area (Å²) in [6.45, 7) is 4.30. The number of hydrogen-bond acceptors (Lipinski definition) is 4. The van der Waals surface area contributed by atoms with E-state index >= 15 is 0 Å². The van der Waals surface area contributed by atoms with E-state index in [-0.39, 0.29) is 6.03 Å². The van der Waals surface area contributed by atoms with Gasteiger partial charge in [-0.05, 0) is 19.8 Å². The molecule has 1 aromatic rings. The molecular formula is C11H18N4OS. The standard InChI is InChI=1S/C11H18N4OS/c1-2-12-10(16)14-8-9-4-3-6-15(9)11-13-5-7-17-11/h5,7,9H,2-4,6,8H2,1H3,(H2,12,14,16). The molecule has 2 rings (SSSR count). The minimum Gasteiger partial charge on any atom is -0.343 e. The highest BCUT2D eigenvalue weighted by molar-refractivity contribution is 7.13. The summed E-state index contributed by atoms with van der Waals surface area (Å²) in [7, 11) is 0. The SMILES string of the molecule is CCNC(=O)NCC1CCCN1c1nccs1. The second kappa shape index (κ2) is 5.86. The summed E-state index contributed by atoms with van der Waals surface area (Å²) in [5.74, 6) is 0. The number of rotatable bonds is 4. The van der Waals surface area contributed by atoms with E-state index in [1.54, 1.807) is 11.3 Å². The molecule has 0 aliphatic carbocycles. The van der Waals surface area contributed by atoms with E-state index in [1.165, 1.54) is 6.42 Å². The molecule has 0 spiro atoms. The van der Waals surface area contributed by atoms with Gasteiger partial charge in [0.05, 0.1) is 0 Å². The number of thiazole rings is 1. The van der Waals surface area contributed by atoms with Gasteiger partial charge in [0.2, 0.25) is 0 Å². The average molecular weight is 254 g/mol. The van der Waals surface area contributed by atoms with Crippen LogP contribution >= 0.6 is 11.3 Å². The van der Waals surface area contributed by atoms with Crippen LogP contribution in [0.2, 0.25) is 0 Å². The van der Waals surface area contributed by atoms with Gasteiger partial charge in [-0.15, -0.1) is 11.3 Å². The van der Waals surface area contributed by atoms with Crippen molar-refractivity contribution in [3.63, 3.8) is 0 Å². The van der Waals surface area contributed by atoms with Crippen LogP contribution in [0.15, 0.2) is 11.6 Å². The van der Waals surface area contributed by atoms with Gasteiger partial charge in [-0.3, -0.25) is 0 Å². The zero-order chi connectivity index (χ0) is 12.1. The smallest absolute Gasteiger partial charge is 0.314 e. The van der Waals surface area contributed by atoms with Crippen LogP contribution < -0.4 is 15.5 Å². The summed E-state index contributed by atoms with van der Waals surface area (Å²) in [5, 5.41) is 8.69. The fourth-order valence-corrected chi connectivity index (χ4v) is 2.83. The molecule has 1 fully saturated rings. The molecule has 0 saturated carbocycles. The second-order valence-corrected chi connectivity index (χ2v) is 4.92. The van der Waals surface area contributed by atoms with Crippen LogP contribution in [0.3, 0.4) is 0 Å². The van der Waals surface area contributed by atoms with Gasteiger partial charge in [-0.25, -0.2) is 9.78 Å². The summed E-state index contributed by atoms with van der Waals surface area (Å²) in [6.07, 6.45) is 4.11. The van der Waals surface area contributed by atoms with Gasteiger partial charge < -0.3 is 15.5 Å². The molecule has 0 radical (unpaired) electrons. The molecule has 5 nitrogen and oxygen atoms in total. The molecule has 1 aliphatic rings. The molecule has 1 unspecified atom stereocenters. The largest absolute Gasteiger partial charge is 0.343 e. The first-order valence-corrected chi connectivity index (χ1v) is 6.87. The molecule has 2 amide bonds. The number of nitrogens with one attached hydrogen (secondary N) is 2. The summed E-state index contributed by atoms with van der Waals surface area (Å²) in [6, 6.07) is 0.294. The second-order valence-electron chi connectivity index (χ2n) is 4.04. The van der Waals surface area contributed by atoms with Crippen LogP contribution in [-0.4, -0.2) is 36.7 Å². The first-order chi connectivity index (χ1) is 8.31. The van der Waals surface area contributed by atoms with Crippen LogP contribution in [0, 0.1) is 0 Å². The Kier molecular flexibility index (Phi) is 4.19. The summed E-state index contributed by atoms with van der Waals surface area (Å²) in [5.41, 5.74) is 0. The Balaban J connectivity index is 1.85. The van der Waals surface area contributed by atoms with Crippen molar-refractivity contribution in [2.24, 2.45) is 0 Å². The molecule has 2 N–H and O–H groups in total. The van der Waals surface area contributed by atoms with Crippen LogP contribution in [-0.2, 0) is 0 Å². The molecule has 94 valence electrons. The van der Waals surface area contributed by atoms with E-state index in [2.05, 4.69) is 20.5 Å². The van der Waals surface area contributed by atoms with E-state index in [0.717, 1.165) is 18.1 Å². The first-order valence-electron chi connectivity index (χ1n) is 5.99. The maximum Gasteiger partial charge on any atom is 0.314 e. The number of hydrogen-bond donors (Lipinski definition) is 2. The molecule has 1 aliphatic heterocycles. The Morgan fingerprint density at radius 3 is 3.24 bits per heavy atom. The third-order valence-corrected chi connectivity index (χ3v) is 3.69. The normalized spacial score (nSPS) is 19.4. The van der Waals surface area contributed by atoms with Gasteiger partial charge in [0.25, 0.3) is 0 Å². The van der Waals surface area contributed by atoms with Crippen molar-refractivity contribution in [1.29, 1.82) is 0 Å². The van der Waals surface area contributed by atoms with Gasteiger partial charge in [0.1, 0.15) is 0 Å². The van der Waals surface area contributed by atoms with Gasteiger partial charge in [-0.2, -0.15) is 0 Å². The molecule has 17 heavy (non-hydrogen) atoms. The topological polar surface area (TPSA) is 57.3 Å². The minimum absolute atomic E-state index is 0.0847. The van der Waals surface area contributed by atoms with Crippen LogP contribution in [0.5, 0.6) is 0 Å². The molecule has 2 heterocycles. The number of carbonyl (C=O) groups is 1. The van der Waals surface area contributed by atoms with Crippen LogP contribution in [0.1, 0.15) is 19.8 Å². The van der Waals surface area contributed by atoms with Gasteiger partial charge in [-0.1, -0.05) is 0 Å². The van der Waals surface area contributed by atoms with Crippen molar-refractivity contribution < 1.29 is 4.79 Å². The fourth-order valence-electron chi connectivity index (χ4n) is 2.09. The average Bonchev–Trinajstić information content (AvgIpc) is 2.97. The first kappa shape index (κ1) is 12.2. The Bertz CT molecular complexity index is 354. The fraction of sp³-hybridized carbons (Fsp3) is 0.636. The maximum absolute atomic E-state index is 11.3. The Hall–Kier alpha value is -1.30. The Morgan fingerprint density at radius 1 is 1.65 bits per heavy atom. The lowest BCUT2D eigenvalue weighted by Crippen LogP contribution is -2.44. The summed E-state index contributed by atoms with van der Waals surface area (Å²) >= 11 is 1.65. The molecule has 1 atom stereocenters. The quantitative estimate of drug-likeness (QED) is 0.854. The lowest BCUT2D eigenvalue weighted by molar-refractivity contribution is 0.240. The number of urea groups is 1. The molecule has 6 heteroatoms. The van der Waals surface area contributed by atoms with E-state index < -0.39 is 0 Å². The van der Waals surface area contributed by atoms with Crippen molar-refractivity contribution in [3.8, 4) is 0 Å². The van der Waals surface area contributed by atoms with Crippen molar-refractivity contribution >= 4 is 22.5 Å². The summed E-state index contributed by atoms with van der Waals surface area (Å²) in [4.78, 5) is 18.0. The third kappa shape index (κ3) is 3.09. The third-order valence-electron chi connectivity index (χ3n) is 2.88. The number of amides is 2. The highest BCUT2D eigenvalue weighted by atomic mass is 32.1. The number of anilines is 1. The molecular weight excluding hydrogens is 236 g/mol. The zero-order valence-corrected chi connectivity index (χ0v) is 10.8. The van der Waals surface area contributed by atoms with E-state index in [4.69, 9.17) is 0 Å². The van der Waals surface area contributed by atoms with Crippen LogP contribution in [0.4, 0.5) is 9.93 Å². The Morgan fingerprint density at radius 2 is 2.53 bits per heavy atom. The van der Waals surface area contributed by atoms with Crippen molar-refractivity contribution in [2.75, 3.05) is 24.5 Å². The van der Waals surface area contributed by atoms with E-state index in [0.29, 0.717) is 19.1 Å². The monoisotopic (exact) mass is 254 g/mol. The molecule has 1 aromatic heterocycles.